The molecule has 1 aliphatic rings. The van der Waals surface area contributed by atoms with E-state index in [-0.39, 0.29) is 27.9 Å². The van der Waals surface area contributed by atoms with Crippen molar-refractivity contribution < 1.29 is 27.9 Å². The maximum Gasteiger partial charge on any atom is 0.335 e. The van der Waals surface area contributed by atoms with Gasteiger partial charge in [0, 0.05) is 23.9 Å². The molecule has 1 fully saturated rings. The minimum Gasteiger partial charge on any atom is -0.478 e. The lowest BCUT2D eigenvalue weighted by atomic mass is 10.2. The fourth-order valence-corrected chi connectivity index (χ4v) is 4.08. The number of aromatic nitrogens is 1. The van der Waals surface area contributed by atoms with Crippen molar-refractivity contribution in [1.29, 1.82) is 0 Å². The number of carboxylic acids is 1. The van der Waals surface area contributed by atoms with Crippen LogP contribution in [-0.4, -0.2) is 43.2 Å². The smallest absolute Gasteiger partial charge is 0.335 e. The van der Waals surface area contributed by atoms with E-state index >= 15 is 0 Å². The zero-order chi connectivity index (χ0) is 18.9. The van der Waals surface area contributed by atoms with E-state index in [1.54, 1.807) is 5.38 Å². The molecule has 2 aromatic rings. The molecule has 0 saturated carbocycles. The third kappa shape index (κ3) is 4.09. The molecule has 8 nitrogen and oxygen atoms in total. The third-order valence-electron chi connectivity index (χ3n) is 3.80. The molecule has 0 aliphatic carbocycles. The number of thiazole rings is 1. The maximum atomic E-state index is 12.4. The first kappa shape index (κ1) is 18.5. The molecule has 1 atom stereocenters. The fraction of sp³-hybridized carbons (Fsp3) is 0.312. The molecule has 2 N–H and O–H groups in total. The Kier molecular flexibility index (Phi) is 5.08. The van der Waals surface area contributed by atoms with Crippen LogP contribution in [0.25, 0.3) is 0 Å². The molecule has 1 unspecified atom stereocenters. The van der Waals surface area contributed by atoms with Crippen molar-refractivity contribution in [2.75, 3.05) is 18.2 Å². The van der Waals surface area contributed by atoms with Gasteiger partial charge in [0.15, 0.2) is 9.84 Å². The van der Waals surface area contributed by atoms with Gasteiger partial charge in [0.2, 0.25) is 0 Å². The number of benzene rings is 1. The quantitative estimate of drug-likeness (QED) is 0.795. The third-order valence-corrected chi connectivity index (χ3v) is 5.83. The van der Waals surface area contributed by atoms with Crippen molar-refractivity contribution in [2.45, 2.75) is 23.8 Å². The van der Waals surface area contributed by atoms with E-state index < -0.39 is 21.7 Å². The van der Waals surface area contributed by atoms with Crippen LogP contribution in [0.2, 0.25) is 0 Å². The molecule has 10 heteroatoms. The number of amides is 1. The second kappa shape index (κ2) is 7.14. The number of sulfone groups is 1. The lowest BCUT2D eigenvalue weighted by molar-refractivity contribution is 0.0696. The minimum absolute atomic E-state index is 0.0713. The second-order valence-electron chi connectivity index (χ2n) is 5.85. The van der Waals surface area contributed by atoms with Crippen molar-refractivity contribution in [1.82, 2.24) is 4.98 Å². The first-order valence-corrected chi connectivity index (χ1v) is 10.5. The van der Waals surface area contributed by atoms with Gasteiger partial charge >= 0.3 is 5.97 Å². The molecule has 3 rings (SSSR count). The van der Waals surface area contributed by atoms with Crippen LogP contribution in [-0.2, 0) is 14.6 Å². The molecule has 1 aromatic carbocycles. The Balaban J connectivity index is 1.84. The molecular formula is C16H16N2O6S2. The zero-order valence-corrected chi connectivity index (χ0v) is 15.4. The summed E-state index contributed by atoms with van der Waals surface area (Å²) in [5.74, 6) is -1.84. The van der Waals surface area contributed by atoms with Crippen molar-refractivity contribution in [3.8, 4) is 0 Å². The van der Waals surface area contributed by atoms with Crippen LogP contribution in [0.5, 0.6) is 0 Å². The summed E-state index contributed by atoms with van der Waals surface area (Å²) in [6.45, 7) is 0.669. The van der Waals surface area contributed by atoms with E-state index in [0.29, 0.717) is 11.6 Å². The zero-order valence-electron chi connectivity index (χ0n) is 13.8. The molecular weight excluding hydrogens is 380 g/mol. The molecule has 1 saturated heterocycles. The van der Waals surface area contributed by atoms with Gasteiger partial charge in [-0.15, -0.1) is 11.3 Å². The van der Waals surface area contributed by atoms with Gasteiger partial charge in [-0.3, -0.25) is 4.79 Å². The van der Waals surface area contributed by atoms with E-state index in [0.717, 1.165) is 25.2 Å². The number of anilines is 1. The summed E-state index contributed by atoms with van der Waals surface area (Å²) in [7, 11) is -3.63. The lowest BCUT2D eigenvalue weighted by Gasteiger charge is -2.08. The monoisotopic (exact) mass is 396 g/mol. The molecule has 1 aromatic heterocycles. The Morgan fingerprint density at radius 1 is 1.35 bits per heavy atom. The summed E-state index contributed by atoms with van der Waals surface area (Å²) in [4.78, 5) is 27.7. The van der Waals surface area contributed by atoms with Gasteiger partial charge in [-0.1, -0.05) is 0 Å². The lowest BCUT2D eigenvalue weighted by Crippen LogP contribution is -2.14. The summed E-state index contributed by atoms with van der Waals surface area (Å²) >= 11 is 1.31. The number of hydrogen-bond acceptors (Lipinski definition) is 7. The van der Waals surface area contributed by atoms with Gasteiger partial charge in [-0.2, -0.15) is 0 Å². The predicted molar refractivity (Wildman–Crippen MR) is 94.5 cm³/mol. The predicted octanol–water partition coefficient (Wildman–Crippen LogP) is 2.35. The first-order chi connectivity index (χ1) is 12.2. The highest BCUT2D eigenvalue weighted by Gasteiger charge is 2.23. The Labute approximate surface area is 153 Å². The van der Waals surface area contributed by atoms with E-state index in [9.17, 15) is 18.0 Å². The molecule has 1 amide bonds. The van der Waals surface area contributed by atoms with Crippen LogP contribution in [0.1, 0.15) is 44.8 Å². The van der Waals surface area contributed by atoms with Crippen molar-refractivity contribution in [2.24, 2.45) is 0 Å². The molecule has 1 aliphatic heterocycles. The van der Waals surface area contributed by atoms with Gasteiger partial charge < -0.3 is 15.2 Å². The topological polar surface area (TPSA) is 123 Å². The summed E-state index contributed by atoms with van der Waals surface area (Å²) in [6.07, 6.45) is 2.66. The number of carbonyl (C=O) groups is 2. The van der Waals surface area contributed by atoms with Gasteiger partial charge in [0.1, 0.15) is 16.8 Å². The Hall–Kier alpha value is -2.30. The fourth-order valence-electron chi connectivity index (χ4n) is 2.52. The van der Waals surface area contributed by atoms with Gasteiger partial charge in [-0.25, -0.2) is 18.2 Å². The number of carbonyl (C=O) groups excluding carboxylic acids is 1. The number of carboxylic acid groups (broad SMARTS) is 1. The van der Waals surface area contributed by atoms with Crippen molar-refractivity contribution in [3.05, 3.63) is 39.8 Å². The highest BCUT2D eigenvalue weighted by atomic mass is 32.2. The number of aromatic carboxylic acids is 1. The Morgan fingerprint density at radius 3 is 2.73 bits per heavy atom. The van der Waals surface area contributed by atoms with Crippen LogP contribution < -0.4 is 5.32 Å². The average Bonchev–Trinajstić information content (AvgIpc) is 3.25. The van der Waals surface area contributed by atoms with Crippen LogP contribution in [0.4, 0.5) is 5.69 Å². The largest absolute Gasteiger partial charge is 0.478 e. The Morgan fingerprint density at radius 2 is 2.12 bits per heavy atom. The van der Waals surface area contributed by atoms with E-state index in [2.05, 4.69) is 10.3 Å². The van der Waals surface area contributed by atoms with E-state index in [1.165, 1.54) is 23.5 Å². The highest BCUT2D eigenvalue weighted by molar-refractivity contribution is 7.90. The second-order valence-corrected chi connectivity index (χ2v) is 8.76. The molecule has 0 bridgehead atoms. The van der Waals surface area contributed by atoms with Gasteiger partial charge in [0.05, 0.1) is 10.5 Å². The molecule has 138 valence electrons. The van der Waals surface area contributed by atoms with Gasteiger partial charge in [-0.05, 0) is 31.0 Å². The van der Waals surface area contributed by atoms with E-state index in [1.807, 2.05) is 0 Å². The summed E-state index contributed by atoms with van der Waals surface area (Å²) in [6, 6.07) is 3.46. The highest BCUT2D eigenvalue weighted by Crippen LogP contribution is 2.30. The number of hydrogen-bond donors (Lipinski definition) is 2. The molecule has 0 radical (unpaired) electrons. The number of nitrogens with zero attached hydrogens (tertiary/aromatic N) is 1. The molecule has 2 heterocycles. The summed E-state index contributed by atoms with van der Waals surface area (Å²) < 4.78 is 29.0. The van der Waals surface area contributed by atoms with Crippen molar-refractivity contribution in [3.63, 3.8) is 0 Å². The van der Waals surface area contributed by atoms with Crippen LogP contribution in [0.3, 0.4) is 0 Å². The SMILES string of the molecule is CS(=O)(=O)c1cc(NC(=O)c2csc(C3CCCO3)n2)cc(C(=O)O)c1. The first-order valence-electron chi connectivity index (χ1n) is 7.71. The number of rotatable bonds is 5. The molecule has 26 heavy (non-hydrogen) atoms. The average molecular weight is 396 g/mol. The normalized spacial score (nSPS) is 17.2. The number of nitrogens with one attached hydrogen (secondary N) is 1. The number of ether oxygens (including phenoxy) is 1. The van der Waals surface area contributed by atoms with Crippen LogP contribution in [0.15, 0.2) is 28.5 Å². The minimum atomic E-state index is -3.63. The Bertz CT molecular complexity index is 961. The van der Waals surface area contributed by atoms with Crippen LogP contribution >= 0.6 is 11.3 Å². The van der Waals surface area contributed by atoms with Crippen LogP contribution in [0, 0.1) is 0 Å². The summed E-state index contributed by atoms with van der Waals surface area (Å²) in [5.41, 5.74) is 0.00525. The van der Waals surface area contributed by atoms with Crippen molar-refractivity contribution >= 4 is 38.7 Å². The molecule has 0 spiro atoms. The maximum absolute atomic E-state index is 12.4. The van der Waals surface area contributed by atoms with E-state index in [4.69, 9.17) is 9.84 Å². The standard InChI is InChI=1S/C16H16N2O6S2/c1-26(22,23)11-6-9(16(20)21)5-10(7-11)17-14(19)12-8-25-15(18-12)13-3-2-4-24-13/h5-8,13H,2-4H2,1H3,(H,17,19)(H,20,21). The van der Waals surface area contributed by atoms with Gasteiger partial charge in [0.25, 0.3) is 5.91 Å². The summed E-state index contributed by atoms with van der Waals surface area (Å²) in [5, 5.41) is 13.9.